The lowest BCUT2D eigenvalue weighted by Gasteiger charge is -2.40. The molecule has 0 amide bonds. The normalized spacial score (nSPS) is 32.1. The van der Waals surface area contributed by atoms with Crippen LogP contribution in [0.1, 0.15) is 53.9 Å². The minimum absolute atomic E-state index is 0.360. The van der Waals surface area contributed by atoms with Gasteiger partial charge in [-0.2, -0.15) is 0 Å². The van der Waals surface area contributed by atoms with Gasteiger partial charge in [0, 0.05) is 7.11 Å². The minimum Gasteiger partial charge on any atom is -0.354 e. The van der Waals surface area contributed by atoms with Gasteiger partial charge < -0.3 is 9.47 Å². The third kappa shape index (κ3) is 3.74. The molecule has 1 rings (SSSR count). The van der Waals surface area contributed by atoms with Crippen molar-refractivity contribution in [3.05, 3.63) is 0 Å². The smallest absolute Gasteiger partial charge is 0.162 e. The van der Waals surface area contributed by atoms with E-state index >= 15 is 0 Å². The zero-order valence-electron chi connectivity index (χ0n) is 11.7. The van der Waals surface area contributed by atoms with Gasteiger partial charge in [0.2, 0.25) is 0 Å². The molecule has 16 heavy (non-hydrogen) atoms. The maximum Gasteiger partial charge on any atom is 0.162 e. The summed E-state index contributed by atoms with van der Waals surface area (Å²) in [6.45, 7) is 10.9. The van der Waals surface area contributed by atoms with Crippen molar-refractivity contribution in [2.45, 2.75) is 65.8 Å². The van der Waals surface area contributed by atoms with E-state index in [9.17, 15) is 0 Å². The molecule has 96 valence electrons. The SMILES string of the molecule is COC(C)(C)O[C@@H]1C[C@H](C)CC[C@H]1C(C)C. The Balaban J connectivity index is 2.64. The molecule has 0 aliphatic heterocycles. The topological polar surface area (TPSA) is 18.5 Å². The second-order valence-electron chi connectivity index (χ2n) is 6.09. The van der Waals surface area contributed by atoms with E-state index in [1.807, 2.05) is 13.8 Å². The molecule has 1 saturated carbocycles. The van der Waals surface area contributed by atoms with Gasteiger partial charge in [0.1, 0.15) is 0 Å². The van der Waals surface area contributed by atoms with E-state index in [2.05, 4.69) is 20.8 Å². The highest BCUT2D eigenvalue weighted by atomic mass is 16.7. The first-order chi connectivity index (χ1) is 7.35. The molecule has 0 bridgehead atoms. The number of hydrogen-bond donors (Lipinski definition) is 0. The van der Waals surface area contributed by atoms with Crippen molar-refractivity contribution in [3.8, 4) is 0 Å². The Morgan fingerprint density at radius 1 is 1.19 bits per heavy atom. The quantitative estimate of drug-likeness (QED) is 0.680. The van der Waals surface area contributed by atoms with Gasteiger partial charge >= 0.3 is 0 Å². The van der Waals surface area contributed by atoms with Crippen molar-refractivity contribution < 1.29 is 9.47 Å². The van der Waals surface area contributed by atoms with Crippen LogP contribution in [0.15, 0.2) is 0 Å². The second-order valence-corrected chi connectivity index (χ2v) is 6.09. The Hall–Kier alpha value is -0.0800. The molecular weight excluding hydrogens is 200 g/mol. The number of hydrogen-bond acceptors (Lipinski definition) is 2. The van der Waals surface area contributed by atoms with E-state index in [1.54, 1.807) is 7.11 Å². The molecule has 0 unspecified atom stereocenters. The summed E-state index contributed by atoms with van der Waals surface area (Å²) in [6.07, 6.45) is 4.17. The standard InChI is InChI=1S/C14H28O2/c1-10(2)12-8-7-11(3)9-13(12)16-14(4,5)15-6/h10-13H,7-9H2,1-6H3/t11-,12+,13-/m1/s1. The van der Waals surface area contributed by atoms with Crippen LogP contribution < -0.4 is 0 Å². The number of methoxy groups -OCH3 is 1. The third-order valence-electron chi connectivity index (χ3n) is 3.89. The first-order valence-electron chi connectivity index (χ1n) is 6.58. The molecule has 0 aromatic rings. The van der Waals surface area contributed by atoms with Crippen molar-refractivity contribution in [2.75, 3.05) is 7.11 Å². The predicted octanol–water partition coefficient (Wildman–Crippen LogP) is 3.85. The van der Waals surface area contributed by atoms with Crippen LogP contribution in [0, 0.1) is 17.8 Å². The summed E-state index contributed by atoms with van der Waals surface area (Å²) in [5.74, 6) is 1.72. The zero-order chi connectivity index (χ0) is 12.3. The summed E-state index contributed by atoms with van der Waals surface area (Å²) in [5.41, 5.74) is 0. The van der Waals surface area contributed by atoms with Crippen molar-refractivity contribution >= 4 is 0 Å². The molecule has 0 spiro atoms. The monoisotopic (exact) mass is 228 g/mol. The van der Waals surface area contributed by atoms with Gasteiger partial charge in [0.15, 0.2) is 5.79 Å². The van der Waals surface area contributed by atoms with Gasteiger partial charge in [-0.1, -0.05) is 27.2 Å². The summed E-state index contributed by atoms with van der Waals surface area (Å²) in [5, 5.41) is 0. The van der Waals surface area contributed by atoms with Crippen LogP contribution in [0.3, 0.4) is 0 Å². The zero-order valence-corrected chi connectivity index (χ0v) is 11.7. The predicted molar refractivity (Wildman–Crippen MR) is 67.3 cm³/mol. The van der Waals surface area contributed by atoms with E-state index in [1.165, 1.54) is 19.3 Å². The Morgan fingerprint density at radius 3 is 2.31 bits per heavy atom. The summed E-state index contributed by atoms with van der Waals surface area (Å²) < 4.78 is 11.5. The molecule has 1 aliphatic rings. The van der Waals surface area contributed by atoms with E-state index < -0.39 is 5.79 Å². The van der Waals surface area contributed by atoms with E-state index in [0.717, 1.165) is 5.92 Å². The fraction of sp³-hybridized carbons (Fsp3) is 1.00. The highest BCUT2D eigenvalue weighted by Gasteiger charge is 2.35. The molecule has 0 aromatic heterocycles. The molecule has 0 aromatic carbocycles. The maximum atomic E-state index is 6.15. The van der Waals surface area contributed by atoms with E-state index in [4.69, 9.17) is 9.47 Å². The van der Waals surface area contributed by atoms with Crippen LogP contribution in [-0.4, -0.2) is 19.0 Å². The average molecular weight is 228 g/mol. The molecule has 0 saturated heterocycles. The Morgan fingerprint density at radius 2 is 1.81 bits per heavy atom. The summed E-state index contributed by atoms with van der Waals surface area (Å²) in [7, 11) is 1.72. The van der Waals surface area contributed by atoms with Gasteiger partial charge in [0.25, 0.3) is 0 Å². The maximum absolute atomic E-state index is 6.15. The number of rotatable bonds is 4. The van der Waals surface area contributed by atoms with Gasteiger partial charge in [0.05, 0.1) is 6.10 Å². The van der Waals surface area contributed by atoms with Crippen LogP contribution in [0.4, 0.5) is 0 Å². The van der Waals surface area contributed by atoms with Gasteiger partial charge in [-0.15, -0.1) is 0 Å². The molecule has 0 radical (unpaired) electrons. The highest BCUT2D eigenvalue weighted by Crippen LogP contribution is 2.37. The first kappa shape index (κ1) is 14.0. The molecular formula is C14H28O2. The molecule has 0 N–H and O–H groups in total. The molecule has 0 heterocycles. The summed E-state index contributed by atoms with van der Waals surface area (Å²) in [6, 6.07) is 0. The number of ether oxygens (including phenoxy) is 2. The lowest BCUT2D eigenvalue weighted by molar-refractivity contribution is -0.243. The molecule has 2 nitrogen and oxygen atoms in total. The van der Waals surface area contributed by atoms with Crippen LogP contribution in [-0.2, 0) is 9.47 Å². The van der Waals surface area contributed by atoms with Gasteiger partial charge in [-0.05, 0) is 44.4 Å². The lowest BCUT2D eigenvalue weighted by atomic mass is 9.75. The fourth-order valence-electron chi connectivity index (χ4n) is 2.66. The highest BCUT2D eigenvalue weighted by molar-refractivity contribution is 4.82. The van der Waals surface area contributed by atoms with E-state index in [0.29, 0.717) is 17.9 Å². The van der Waals surface area contributed by atoms with Crippen LogP contribution in [0.25, 0.3) is 0 Å². The lowest BCUT2D eigenvalue weighted by Crippen LogP contribution is -2.41. The van der Waals surface area contributed by atoms with Crippen molar-refractivity contribution in [2.24, 2.45) is 17.8 Å². The van der Waals surface area contributed by atoms with Gasteiger partial charge in [-0.3, -0.25) is 0 Å². The van der Waals surface area contributed by atoms with Crippen molar-refractivity contribution in [1.29, 1.82) is 0 Å². The third-order valence-corrected chi connectivity index (χ3v) is 3.89. The largest absolute Gasteiger partial charge is 0.354 e. The van der Waals surface area contributed by atoms with Gasteiger partial charge in [-0.25, -0.2) is 0 Å². The molecule has 1 aliphatic carbocycles. The molecule has 3 atom stereocenters. The molecule has 2 heteroatoms. The minimum atomic E-state index is -0.450. The van der Waals surface area contributed by atoms with E-state index in [-0.39, 0.29) is 0 Å². The Labute approximate surface area is 101 Å². The molecule has 1 fully saturated rings. The fourth-order valence-corrected chi connectivity index (χ4v) is 2.66. The first-order valence-corrected chi connectivity index (χ1v) is 6.58. The Kier molecular flexibility index (Phi) is 4.81. The van der Waals surface area contributed by atoms with Crippen LogP contribution >= 0.6 is 0 Å². The van der Waals surface area contributed by atoms with Crippen molar-refractivity contribution in [1.82, 2.24) is 0 Å². The summed E-state index contributed by atoms with van der Waals surface area (Å²) >= 11 is 0. The average Bonchev–Trinajstić information content (AvgIpc) is 2.16. The summed E-state index contributed by atoms with van der Waals surface area (Å²) in [4.78, 5) is 0. The second kappa shape index (κ2) is 5.50. The Bertz CT molecular complexity index is 211. The van der Waals surface area contributed by atoms with Crippen molar-refractivity contribution in [3.63, 3.8) is 0 Å². The van der Waals surface area contributed by atoms with Crippen LogP contribution in [0.2, 0.25) is 0 Å². The van der Waals surface area contributed by atoms with Crippen LogP contribution in [0.5, 0.6) is 0 Å².